The molecule has 4 rings (SSSR count). The molecule has 2 aliphatic rings. The van der Waals surface area contributed by atoms with Crippen molar-refractivity contribution in [3.63, 3.8) is 0 Å². The van der Waals surface area contributed by atoms with E-state index in [-0.39, 0.29) is 23.6 Å². The minimum Gasteiger partial charge on any atom is -0.496 e. The van der Waals surface area contributed by atoms with E-state index in [1.165, 1.54) is 13.2 Å². The van der Waals surface area contributed by atoms with Gasteiger partial charge in [-0.25, -0.2) is 4.98 Å². The van der Waals surface area contributed by atoms with Crippen LogP contribution < -0.4 is 15.5 Å². The summed E-state index contributed by atoms with van der Waals surface area (Å²) in [6.07, 6.45) is -0.620. The summed E-state index contributed by atoms with van der Waals surface area (Å²) in [6, 6.07) is 3.47. The molecular formula is C19H22F3N5O2. The number of imidazole rings is 1. The molecule has 0 radical (unpaired) electrons. The summed E-state index contributed by atoms with van der Waals surface area (Å²) in [5.74, 6) is 1.14. The molecule has 0 spiro atoms. The van der Waals surface area contributed by atoms with E-state index in [0.29, 0.717) is 23.8 Å². The van der Waals surface area contributed by atoms with Gasteiger partial charge in [0.15, 0.2) is 17.8 Å². The van der Waals surface area contributed by atoms with E-state index in [0.717, 1.165) is 18.6 Å². The summed E-state index contributed by atoms with van der Waals surface area (Å²) in [4.78, 5) is 4.40. The number of hydrogen-bond donors (Lipinski definition) is 2. The summed E-state index contributed by atoms with van der Waals surface area (Å²) in [5.41, 5.74) is 2.48. The zero-order chi connectivity index (χ0) is 20.8. The third-order valence-electron chi connectivity index (χ3n) is 5.04. The lowest BCUT2D eigenvalue weighted by Crippen LogP contribution is -2.44. The number of nitrogens with zero attached hydrogens (tertiary/aromatic N) is 3. The first-order valence-electron chi connectivity index (χ1n) is 9.20. The molecule has 29 heavy (non-hydrogen) atoms. The lowest BCUT2D eigenvalue weighted by atomic mass is 10.0. The predicted molar refractivity (Wildman–Crippen MR) is 99.6 cm³/mol. The van der Waals surface area contributed by atoms with Gasteiger partial charge in [0.05, 0.1) is 30.4 Å². The highest BCUT2D eigenvalue weighted by molar-refractivity contribution is 6.03. The fourth-order valence-electron chi connectivity index (χ4n) is 3.68. The van der Waals surface area contributed by atoms with Crippen molar-refractivity contribution in [3.8, 4) is 5.75 Å². The van der Waals surface area contributed by atoms with Crippen molar-refractivity contribution in [3.05, 3.63) is 47.5 Å². The maximum absolute atomic E-state index is 13.0. The van der Waals surface area contributed by atoms with Gasteiger partial charge in [-0.2, -0.15) is 18.3 Å². The van der Waals surface area contributed by atoms with Crippen LogP contribution in [0.5, 0.6) is 5.75 Å². The van der Waals surface area contributed by atoms with Crippen molar-refractivity contribution >= 4 is 5.84 Å². The van der Waals surface area contributed by atoms with E-state index >= 15 is 0 Å². The second kappa shape index (κ2) is 7.03. The molecule has 3 heterocycles. The third-order valence-corrected chi connectivity index (χ3v) is 5.04. The number of ether oxygens (including phenoxy) is 2. The molecular weight excluding hydrogens is 387 g/mol. The molecule has 7 nitrogen and oxygen atoms in total. The molecule has 1 fully saturated rings. The lowest BCUT2D eigenvalue weighted by Gasteiger charge is -2.28. The largest absolute Gasteiger partial charge is 0.496 e. The number of nitrogens with one attached hydrogen (secondary N) is 2. The first-order chi connectivity index (χ1) is 13.7. The maximum atomic E-state index is 13.0. The quantitative estimate of drug-likeness (QED) is 0.813. The SMILES string of the molecule is COc1cc(C(F)(F)F)ccc1C1=NNC(NC2COC(C)(C)C2)c2nccn21. The van der Waals surface area contributed by atoms with Crippen molar-refractivity contribution in [2.45, 2.75) is 44.3 Å². The van der Waals surface area contributed by atoms with Gasteiger partial charge in [-0.05, 0) is 38.5 Å². The Morgan fingerprint density at radius 2 is 2.14 bits per heavy atom. The highest BCUT2D eigenvalue weighted by atomic mass is 19.4. The zero-order valence-electron chi connectivity index (χ0n) is 16.2. The Morgan fingerprint density at radius 3 is 2.79 bits per heavy atom. The van der Waals surface area contributed by atoms with E-state index in [2.05, 4.69) is 20.8 Å². The molecule has 2 aromatic rings. The number of hydrazone groups is 1. The molecule has 156 valence electrons. The van der Waals surface area contributed by atoms with Crippen LogP contribution in [0.15, 0.2) is 35.7 Å². The maximum Gasteiger partial charge on any atom is 0.416 e. The summed E-state index contributed by atoms with van der Waals surface area (Å²) in [6.45, 7) is 4.66. The first-order valence-corrected chi connectivity index (χ1v) is 9.20. The van der Waals surface area contributed by atoms with Crippen molar-refractivity contribution < 1.29 is 22.6 Å². The number of methoxy groups -OCH3 is 1. The number of hydrogen-bond acceptors (Lipinski definition) is 6. The number of fused-ring (bicyclic) bond motifs is 1. The van der Waals surface area contributed by atoms with Crippen LogP contribution in [-0.2, 0) is 10.9 Å². The van der Waals surface area contributed by atoms with Crippen LogP contribution in [0.3, 0.4) is 0 Å². The Hall–Kier alpha value is -2.59. The van der Waals surface area contributed by atoms with Crippen LogP contribution in [0, 0.1) is 0 Å². The van der Waals surface area contributed by atoms with Crippen LogP contribution in [0.1, 0.15) is 43.4 Å². The molecule has 0 bridgehead atoms. The van der Waals surface area contributed by atoms with E-state index < -0.39 is 11.7 Å². The molecule has 0 aliphatic carbocycles. The Balaban J connectivity index is 1.62. The Morgan fingerprint density at radius 1 is 1.34 bits per heavy atom. The minimum absolute atomic E-state index is 0.0809. The van der Waals surface area contributed by atoms with Crippen molar-refractivity contribution in [2.24, 2.45) is 5.10 Å². The standard InChI is InChI=1S/C19H22F3N5O2/c1-18(2)9-12(10-29-18)24-15-17-23-6-7-27(17)16(26-25-15)13-5-4-11(19(20,21)22)8-14(13)28-3/h4-8,12,15,24-25H,9-10H2,1-3H3. The Labute approximate surface area is 165 Å². The van der Waals surface area contributed by atoms with Crippen LogP contribution in [0.4, 0.5) is 13.2 Å². The van der Waals surface area contributed by atoms with E-state index in [9.17, 15) is 13.2 Å². The smallest absolute Gasteiger partial charge is 0.416 e. The molecule has 2 aliphatic heterocycles. The number of halogens is 3. The van der Waals surface area contributed by atoms with Gasteiger partial charge in [-0.1, -0.05) is 0 Å². The van der Waals surface area contributed by atoms with Crippen molar-refractivity contribution in [1.29, 1.82) is 0 Å². The fraction of sp³-hybridized carbons (Fsp3) is 0.474. The van der Waals surface area contributed by atoms with Crippen molar-refractivity contribution in [1.82, 2.24) is 20.3 Å². The predicted octanol–water partition coefficient (Wildman–Crippen LogP) is 2.88. The second-order valence-electron chi connectivity index (χ2n) is 7.70. The fourth-order valence-corrected chi connectivity index (χ4v) is 3.68. The number of aromatic nitrogens is 2. The number of rotatable bonds is 4. The highest BCUT2D eigenvalue weighted by Gasteiger charge is 2.36. The van der Waals surface area contributed by atoms with Gasteiger partial charge in [0.1, 0.15) is 5.75 Å². The molecule has 2 atom stereocenters. The van der Waals surface area contributed by atoms with E-state index in [4.69, 9.17) is 9.47 Å². The second-order valence-corrected chi connectivity index (χ2v) is 7.70. The Bertz CT molecular complexity index is 938. The molecule has 1 aromatic carbocycles. The number of benzene rings is 1. The van der Waals surface area contributed by atoms with E-state index in [1.54, 1.807) is 17.0 Å². The Kier molecular flexibility index (Phi) is 4.78. The van der Waals surface area contributed by atoms with Crippen LogP contribution in [-0.4, -0.2) is 40.7 Å². The van der Waals surface area contributed by atoms with Crippen LogP contribution in [0.25, 0.3) is 0 Å². The molecule has 0 saturated carbocycles. The summed E-state index contributed by atoms with van der Waals surface area (Å²) in [5, 5.41) is 7.84. The van der Waals surface area contributed by atoms with Gasteiger partial charge in [0, 0.05) is 18.4 Å². The van der Waals surface area contributed by atoms with Crippen LogP contribution >= 0.6 is 0 Å². The topological polar surface area (TPSA) is 72.7 Å². The van der Waals surface area contributed by atoms with Crippen molar-refractivity contribution in [2.75, 3.05) is 13.7 Å². The molecule has 10 heteroatoms. The van der Waals surface area contributed by atoms with Crippen LogP contribution in [0.2, 0.25) is 0 Å². The number of alkyl halides is 3. The normalized spacial score (nSPS) is 23.3. The molecule has 1 aromatic heterocycles. The average Bonchev–Trinajstić information content (AvgIpc) is 3.27. The third kappa shape index (κ3) is 3.82. The lowest BCUT2D eigenvalue weighted by molar-refractivity contribution is -0.137. The van der Waals surface area contributed by atoms with Gasteiger partial charge in [0.25, 0.3) is 0 Å². The van der Waals surface area contributed by atoms with Gasteiger partial charge < -0.3 is 9.47 Å². The molecule has 1 saturated heterocycles. The zero-order valence-corrected chi connectivity index (χ0v) is 16.2. The summed E-state index contributed by atoms with van der Waals surface area (Å²) >= 11 is 0. The van der Waals surface area contributed by atoms with Gasteiger partial charge in [-0.3, -0.25) is 15.3 Å². The van der Waals surface area contributed by atoms with Gasteiger partial charge >= 0.3 is 6.18 Å². The first kappa shape index (κ1) is 19.7. The summed E-state index contributed by atoms with van der Waals surface area (Å²) < 4.78 is 51.8. The minimum atomic E-state index is -4.45. The monoisotopic (exact) mass is 409 g/mol. The van der Waals surface area contributed by atoms with Gasteiger partial charge in [-0.15, -0.1) is 0 Å². The highest BCUT2D eigenvalue weighted by Crippen LogP contribution is 2.34. The molecule has 2 unspecified atom stereocenters. The van der Waals surface area contributed by atoms with E-state index in [1.807, 2.05) is 13.8 Å². The molecule has 2 N–H and O–H groups in total. The average molecular weight is 409 g/mol. The summed E-state index contributed by atoms with van der Waals surface area (Å²) in [7, 11) is 1.33. The molecule has 0 amide bonds. The van der Waals surface area contributed by atoms with Gasteiger partial charge in [0.2, 0.25) is 0 Å².